The van der Waals surface area contributed by atoms with Crippen LogP contribution in [0.1, 0.15) is 11.3 Å². The predicted molar refractivity (Wildman–Crippen MR) is 97.6 cm³/mol. The Balaban J connectivity index is 1.63. The van der Waals surface area contributed by atoms with Gasteiger partial charge in [-0.05, 0) is 18.2 Å². The maximum atomic E-state index is 5.43. The van der Waals surface area contributed by atoms with Crippen LogP contribution in [0.3, 0.4) is 0 Å². The van der Waals surface area contributed by atoms with Crippen LogP contribution in [-0.4, -0.2) is 31.3 Å². The first-order chi connectivity index (χ1) is 12.2. The molecule has 0 unspecified atom stereocenters. The molecule has 2 heterocycles. The van der Waals surface area contributed by atoms with E-state index in [2.05, 4.69) is 21.5 Å². The van der Waals surface area contributed by atoms with Crippen LogP contribution in [0.5, 0.6) is 5.75 Å². The van der Waals surface area contributed by atoms with E-state index in [0.29, 0.717) is 13.1 Å². The minimum atomic E-state index is 0.596. The number of methoxy groups -OCH3 is 1. The fourth-order valence-corrected chi connectivity index (χ4v) is 2.61. The predicted octanol–water partition coefficient (Wildman–Crippen LogP) is 3.10. The largest absolute Gasteiger partial charge is 0.497 e. The smallest absolute Gasteiger partial charge is 0.151 e. The Morgan fingerprint density at radius 2 is 2.00 bits per heavy atom. The third-order valence-corrected chi connectivity index (χ3v) is 3.83. The Morgan fingerprint density at radius 3 is 2.80 bits per heavy atom. The van der Waals surface area contributed by atoms with E-state index in [0.717, 1.165) is 34.1 Å². The molecule has 0 fully saturated rings. The summed E-state index contributed by atoms with van der Waals surface area (Å²) in [4.78, 5) is 6.41. The second kappa shape index (κ2) is 7.81. The minimum absolute atomic E-state index is 0.596. The second-order valence-electron chi connectivity index (χ2n) is 5.89. The highest BCUT2D eigenvalue weighted by molar-refractivity contribution is 5.60. The molecule has 130 valence electrons. The van der Waals surface area contributed by atoms with Crippen molar-refractivity contribution in [3.8, 4) is 17.0 Å². The molecule has 0 saturated heterocycles. The SMILES string of the molecule is COc1cccc(-c2cc(CNCc3cccnc3N(C)C)on2)c1. The number of benzene rings is 1. The molecule has 1 N–H and O–H groups in total. The van der Waals surface area contributed by atoms with E-state index in [-0.39, 0.29) is 0 Å². The van der Waals surface area contributed by atoms with Crippen LogP contribution in [0.15, 0.2) is 53.2 Å². The van der Waals surface area contributed by atoms with Crippen LogP contribution >= 0.6 is 0 Å². The molecule has 0 amide bonds. The molecule has 6 heteroatoms. The number of ether oxygens (including phenoxy) is 1. The van der Waals surface area contributed by atoms with Crippen molar-refractivity contribution in [1.82, 2.24) is 15.5 Å². The Bertz CT molecular complexity index is 830. The van der Waals surface area contributed by atoms with Crippen LogP contribution in [0, 0.1) is 0 Å². The quantitative estimate of drug-likeness (QED) is 0.714. The summed E-state index contributed by atoms with van der Waals surface area (Å²) in [6, 6.07) is 13.7. The zero-order valence-corrected chi connectivity index (χ0v) is 14.7. The maximum absolute atomic E-state index is 5.43. The van der Waals surface area contributed by atoms with Gasteiger partial charge in [0.2, 0.25) is 0 Å². The molecule has 0 saturated carbocycles. The molecule has 2 aromatic heterocycles. The van der Waals surface area contributed by atoms with Crippen molar-refractivity contribution >= 4 is 5.82 Å². The summed E-state index contributed by atoms with van der Waals surface area (Å²) in [7, 11) is 5.63. The molecule has 3 aromatic rings. The lowest BCUT2D eigenvalue weighted by Gasteiger charge is -2.15. The topological polar surface area (TPSA) is 63.4 Å². The van der Waals surface area contributed by atoms with Gasteiger partial charge in [0.05, 0.1) is 13.7 Å². The van der Waals surface area contributed by atoms with Crippen molar-refractivity contribution in [2.75, 3.05) is 26.1 Å². The van der Waals surface area contributed by atoms with Gasteiger partial charge in [0.25, 0.3) is 0 Å². The van der Waals surface area contributed by atoms with E-state index in [4.69, 9.17) is 9.26 Å². The summed E-state index contributed by atoms with van der Waals surface area (Å²) < 4.78 is 10.7. The highest BCUT2D eigenvalue weighted by atomic mass is 16.5. The standard InChI is InChI=1S/C19H22N4O2/c1-23(2)19-15(7-5-9-21-19)12-20-13-17-11-18(22-25-17)14-6-4-8-16(10-14)24-3/h4-11,20H,12-13H2,1-3H3. The Morgan fingerprint density at radius 1 is 1.12 bits per heavy atom. The summed E-state index contributed by atoms with van der Waals surface area (Å²) in [6.45, 7) is 1.30. The molecular formula is C19H22N4O2. The maximum Gasteiger partial charge on any atom is 0.151 e. The first-order valence-corrected chi connectivity index (χ1v) is 8.09. The van der Waals surface area contributed by atoms with Crippen molar-refractivity contribution in [2.24, 2.45) is 0 Å². The summed E-state index contributed by atoms with van der Waals surface area (Å²) >= 11 is 0. The number of aromatic nitrogens is 2. The number of pyridine rings is 1. The third-order valence-electron chi connectivity index (χ3n) is 3.83. The van der Waals surface area contributed by atoms with E-state index in [9.17, 15) is 0 Å². The minimum Gasteiger partial charge on any atom is -0.497 e. The molecular weight excluding hydrogens is 316 g/mol. The number of hydrogen-bond donors (Lipinski definition) is 1. The van der Waals surface area contributed by atoms with Crippen molar-refractivity contribution in [2.45, 2.75) is 13.1 Å². The average molecular weight is 338 g/mol. The van der Waals surface area contributed by atoms with Crippen molar-refractivity contribution < 1.29 is 9.26 Å². The van der Waals surface area contributed by atoms with Gasteiger partial charge in [0.1, 0.15) is 17.3 Å². The van der Waals surface area contributed by atoms with Gasteiger partial charge in [0.15, 0.2) is 5.76 Å². The first-order valence-electron chi connectivity index (χ1n) is 8.09. The zero-order valence-electron chi connectivity index (χ0n) is 14.7. The van der Waals surface area contributed by atoms with Crippen LogP contribution in [-0.2, 0) is 13.1 Å². The van der Waals surface area contributed by atoms with Crippen LogP contribution in [0.25, 0.3) is 11.3 Å². The number of hydrogen-bond acceptors (Lipinski definition) is 6. The van der Waals surface area contributed by atoms with Crippen molar-refractivity contribution in [1.29, 1.82) is 0 Å². The molecule has 25 heavy (non-hydrogen) atoms. The van der Waals surface area contributed by atoms with Crippen molar-refractivity contribution in [3.05, 3.63) is 60.0 Å². The lowest BCUT2D eigenvalue weighted by molar-refractivity contribution is 0.374. The first kappa shape index (κ1) is 17.0. The summed E-state index contributed by atoms with van der Waals surface area (Å²) in [5.74, 6) is 2.55. The second-order valence-corrected chi connectivity index (χ2v) is 5.89. The lowest BCUT2D eigenvalue weighted by Crippen LogP contribution is -2.18. The van der Waals surface area contributed by atoms with E-state index in [1.807, 2.05) is 55.4 Å². The average Bonchev–Trinajstić information content (AvgIpc) is 3.11. The van der Waals surface area contributed by atoms with E-state index in [1.54, 1.807) is 13.3 Å². The van der Waals surface area contributed by atoms with Gasteiger partial charge in [-0.15, -0.1) is 0 Å². The van der Waals surface area contributed by atoms with Crippen LogP contribution in [0.2, 0.25) is 0 Å². The zero-order chi connectivity index (χ0) is 17.6. The molecule has 3 rings (SSSR count). The highest BCUT2D eigenvalue weighted by Gasteiger charge is 2.09. The highest BCUT2D eigenvalue weighted by Crippen LogP contribution is 2.23. The van der Waals surface area contributed by atoms with Gasteiger partial charge in [-0.1, -0.05) is 23.4 Å². The number of nitrogens with zero attached hydrogens (tertiary/aromatic N) is 3. The van der Waals surface area contributed by atoms with E-state index < -0.39 is 0 Å². The Labute approximate surface area is 147 Å². The van der Waals surface area contributed by atoms with Crippen LogP contribution < -0.4 is 15.0 Å². The third kappa shape index (κ3) is 4.16. The number of nitrogens with one attached hydrogen (secondary N) is 1. The van der Waals surface area contributed by atoms with Gasteiger partial charge in [-0.25, -0.2) is 4.98 Å². The van der Waals surface area contributed by atoms with Crippen LogP contribution in [0.4, 0.5) is 5.82 Å². The monoisotopic (exact) mass is 338 g/mol. The Kier molecular flexibility index (Phi) is 5.30. The fourth-order valence-electron chi connectivity index (χ4n) is 2.61. The van der Waals surface area contributed by atoms with Gasteiger partial charge in [0, 0.05) is 44.0 Å². The molecule has 0 atom stereocenters. The molecule has 0 radical (unpaired) electrons. The summed E-state index contributed by atoms with van der Waals surface area (Å²) in [6.07, 6.45) is 1.80. The van der Waals surface area contributed by atoms with Gasteiger partial charge >= 0.3 is 0 Å². The van der Waals surface area contributed by atoms with E-state index >= 15 is 0 Å². The normalized spacial score (nSPS) is 10.7. The molecule has 0 aliphatic carbocycles. The lowest BCUT2D eigenvalue weighted by atomic mass is 10.1. The van der Waals surface area contributed by atoms with E-state index in [1.165, 1.54) is 0 Å². The van der Waals surface area contributed by atoms with Gasteiger partial charge in [-0.3, -0.25) is 0 Å². The molecule has 6 nitrogen and oxygen atoms in total. The molecule has 0 spiro atoms. The Hall–Kier alpha value is -2.86. The number of anilines is 1. The fraction of sp³-hybridized carbons (Fsp3) is 0.263. The summed E-state index contributed by atoms with van der Waals surface area (Å²) in [5.41, 5.74) is 2.91. The molecule has 1 aromatic carbocycles. The van der Waals surface area contributed by atoms with Gasteiger partial charge in [-0.2, -0.15) is 0 Å². The molecule has 0 bridgehead atoms. The van der Waals surface area contributed by atoms with Gasteiger partial charge < -0.3 is 19.5 Å². The molecule has 0 aliphatic heterocycles. The summed E-state index contributed by atoms with van der Waals surface area (Å²) in [5, 5.41) is 7.52. The van der Waals surface area contributed by atoms with Crippen molar-refractivity contribution in [3.63, 3.8) is 0 Å². The molecule has 0 aliphatic rings. The number of rotatable bonds is 7.